The van der Waals surface area contributed by atoms with Gasteiger partial charge < -0.3 is 4.98 Å². The van der Waals surface area contributed by atoms with Crippen molar-refractivity contribution >= 4 is 34.0 Å². The van der Waals surface area contributed by atoms with Gasteiger partial charge in [0.25, 0.3) is 0 Å². The predicted octanol–water partition coefficient (Wildman–Crippen LogP) is 3.52. The van der Waals surface area contributed by atoms with Gasteiger partial charge in [0, 0.05) is 27.2 Å². The lowest BCUT2D eigenvalue weighted by Gasteiger charge is -1.95. The smallest absolute Gasteiger partial charge is 0.214 e. The molecule has 0 radical (unpaired) electrons. The molecular weight excluding hydrogens is 268 g/mol. The largest absolute Gasteiger partial charge is 0.358 e. The molecule has 0 aliphatic carbocycles. The summed E-state index contributed by atoms with van der Waals surface area (Å²) < 4.78 is 4.22. The van der Waals surface area contributed by atoms with E-state index >= 15 is 0 Å². The molecule has 88 valence electrons. The second-order valence-electron chi connectivity index (χ2n) is 3.85. The van der Waals surface area contributed by atoms with Gasteiger partial charge in [0.2, 0.25) is 5.01 Å². The quantitative estimate of drug-likeness (QED) is 0.738. The number of aromatic amines is 1. The van der Waals surface area contributed by atoms with Crippen molar-refractivity contribution < 1.29 is 0 Å². The maximum Gasteiger partial charge on any atom is 0.214 e. The number of halogens is 1. The summed E-state index contributed by atoms with van der Waals surface area (Å²) >= 11 is 7.12. The molecule has 0 saturated heterocycles. The van der Waals surface area contributed by atoms with Crippen LogP contribution in [-0.2, 0) is 0 Å². The molecule has 0 atom stereocenters. The first-order valence-electron chi connectivity index (χ1n) is 5.21. The summed E-state index contributed by atoms with van der Waals surface area (Å²) in [5.74, 6) is 0.572. The number of H-pyrrole nitrogens is 1. The first-order valence-corrected chi connectivity index (χ1v) is 6.36. The Hall–Kier alpha value is -1.90. The van der Waals surface area contributed by atoms with Gasteiger partial charge in [-0.25, -0.2) is 4.98 Å². The topological polar surface area (TPSA) is 65.4 Å². The second-order valence-corrected chi connectivity index (χ2v) is 5.04. The lowest BCUT2D eigenvalue weighted by Crippen LogP contribution is -1.82. The van der Waals surface area contributed by atoms with Gasteiger partial charge in [-0.1, -0.05) is 11.6 Å². The number of fused-ring (bicyclic) bond motifs is 1. The van der Waals surface area contributed by atoms with E-state index in [2.05, 4.69) is 14.3 Å². The molecule has 0 amide bonds. The van der Waals surface area contributed by atoms with Crippen molar-refractivity contribution in [3.05, 3.63) is 33.9 Å². The highest BCUT2D eigenvalue weighted by molar-refractivity contribution is 7.06. The highest BCUT2D eigenvalue weighted by atomic mass is 35.5. The molecule has 0 unspecified atom stereocenters. The van der Waals surface area contributed by atoms with E-state index in [0.717, 1.165) is 33.7 Å². The van der Waals surface area contributed by atoms with Crippen LogP contribution in [-0.4, -0.2) is 14.3 Å². The van der Waals surface area contributed by atoms with E-state index < -0.39 is 0 Å². The highest BCUT2D eigenvalue weighted by Crippen LogP contribution is 2.32. The number of nitrogens with zero attached hydrogens (tertiary/aromatic N) is 3. The molecule has 18 heavy (non-hydrogen) atoms. The van der Waals surface area contributed by atoms with Crippen molar-refractivity contribution in [3.63, 3.8) is 0 Å². The average molecular weight is 275 g/mol. The Balaban J connectivity index is 2.31. The van der Waals surface area contributed by atoms with Crippen molar-refractivity contribution in [2.45, 2.75) is 6.92 Å². The molecule has 6 heteroatoms. The molecule has 4 nitrogen and oxygen atoms in total. The summed E-state index contributed by atoms with van der Waals surface area (Å²) in [7, 11) is 0. The van der Waals surface area contributed by atoms with Gasteiger partial charge in [-0.15, -0.1) is 0 Å². The molecule has 3 rings (SSSR count). The number of aryl methyl sites for hydroxylation is 1. The van der Waals surface area contributed by atoms with Crippen LogP contribution < -0.4 is 0 Å². The first kappa shape index (κ1) is 11.2. The molecule has 0 saturated carbocycles. The number of aromatic nitrogens is 3. The monoisotopic (exact) mass is 274 g/mol. The zero-order valence-corrected chi connectivity index (χ0v) is 10.9. The Bertz CT molecular complexity index is 781. The van der Waals surface area contributed by atoms with Crippen molar-refractivity contribution in [2.24, 2.45) is 0 Å². The molecular formula is C12H7ClN4S. The predicted molar refractivity (Wildman–Crippen MR) is 71.7 cm³/mol. The van der Waals surface area contributed by atoms with Crippen LogP contribution >= 0.6 is 23.1 Å². The third-order valence-corrected chi connectivity index (χ3v) is 3.55. The number of hydrogen-bond donors (Lipinski definition) is 1. The van der Waals surface area contributed by atoms with Crippen LogP contribution in [0.3, 0.4) is 0 Å². The van der Waals surface area contributed by atoms with Gasteiger partial charge in [-0.05, 0) is 36.7 Å². The fourth-order valence-corrected chi connectivity index (χ4v) is 2.60. The SMILES string of the molecule is Cc1[nH]c2ccc(Cl)cc2c1-c1nsc(C#N)n1. The Morgan fingerprint density at radius 2 is 2.28 bits per heavy atom. The van der Waals surface area contributed by atoms with E-state index in [1.165, 1.54) is 0 Å². The van der Waals surface area contributed by atoms with Crippen LogP contribution in [0, 0.1) is 18.3 Å². The second kappa shape index (κ2) is 4.09. The molecule has 0 fully saturated rings. The third kappa shape index (κ3) is 1.67. The van der Waals surface area contributed by atoms with Crippen molar-refractivity contribution in [3.8, 4) is 17.5 Å². The van der Waals surface area contributed by atoms with E-state index in [9.17, 15) is 0 Å². The van der Waals surface area contributed by atoms with E-state index in [4.69, 9.17) is 16.9 Å². The number of nitriles is 1. The highest BCUT2D eigenvalue weighted by Gasteiger charge is 2.15. The first-order chi connectivity index (χ1) is 8.69. The Kier molecular flexibility index (Phi) is 2.54. The van der Waals surface area contributed by atoms with E-state index in [1.807, 2.05) is 31.2 Å². The molecule has 2 aromatic heterocycles. The van der Waals surface area contributed by atoms with Crippen LogP contribution in [0.5, 0.6) is 0 Å². The Morgan fingerprint density at radius 1 is 1.44 bits per heavy atom. The lowest BCUT2D eigenvalue weighted by atomic mass is 10.1. The van der Waals surface area contributed by atoms with Gasteiger partial charge in [0.15, 0.2) is 5.82 Å². The fourth-order valence-electron chi connectivity index (χ4n) is 1.96. The summed E-state index contributed by atoms with van der Waals surface area (Å²) in [6, 6.07) is 7.63. The summed E-state index contributed by atoms with van der Waals surface area (Å²) in [6.07, 6.45) is 0. The maximum absolute atomic E-state index is 8.80. The molecule has 0 aliphatic rings. The Morgan fingerprint density at radius 3 is 3.00 bits per heavy atom. The molecule has 0 aliphatic heterocycles. The van der Waals surface area contributed by atoms with Gasteiger partial charge in [-0.2, -0.15) is 9.64 Å². The third-order valence-electron chi connectivity index (χ3n) is 2.69. The molecule has 1 aromatic carbocycles. The lowest BCUT2D eigenvalue weighted by molar-refractivity contribution is 1.25. The van der Waals surface area contributed by atoms with Crippen LogP contribution in [0.25, 0.3) is 22.3 Å². The van der Waals surface area contributed by atoms with Gasteiger partial charge in [-0.3, -0.25) is 0 Å². The Labute approximate surface area is 112 Å². The summed E-state index contributed by atoms with van der Waals surface area (Å²) in [5, 5.41) is 10.8. The minimum absolute atomic E-state index is 0.362. The van der Waals surface area contributed by atoms with Crippen LogP contribution in [0.2, 0.25) is 5.02 Å². The van der Waals surface area contributed by atoms with Crippen molar-refractivity contribution in [1.29, 1.82) is 5.26 Å². The van der Waals surface area contributed by atoms with Crippen molar-refractivity contribution in [2.75, 3.05) is 0 Å². The van der Waals surface area contributed by atoms with Crippen LogP contribution in [0.15, 0.2) is 18.2 Å². The van der Waals surface area contributed by atoms with Crippen LogP contribution in [0.4, 0.5) is 0 Å². The zero-order chi connectivity index (χ0) is 12.7. The minimum atomic E-state index is 0.362. The standard InChI is InChI=1S/C12H7ClN4S/c1-6-11(12-16-10(5-14)18-17-12)8-4-7(13)2-3-9(8)15-6/h2-4,15H,1H3. The average Bonchev–Trinajstić information content (AvgIpc) is 2.92. The summed E-state index contributed by atoms with van der Waals surface area (Å²) in [4.78, 5) is 7.46. The number of nitrogens with one attached hydrogen (secondary N) is 1. The van der Waals surface area contributed by atoms with E-state index in [0.29, 0.717) is 15.9 Å². The summed E-state index contributed by atoms with van der Waals surface area (Å²) in [5.41, 5.74) is 2.86. The fraction of sp³-hybridized carbons (Fsp3) is 0.0833. The minimum Gasteiger partial charge on any atom is -0.358 e. The number of rotatable bonds is 1. The molecule has 0 spiro atoms. The molecule has 3 aromatic rings. The van der Waals surface area contributed by atoms with Gasteiger partial charge >= 0.3 is 0 Å². The van der Waals surface area contributed by atoms with E-state index in [1.54, 1.807) is 0 Å². The van der Waals surface area contributed by atoms with Crippen molar-refractivity contribution in [1.82, 2.24) is 14.3 Å². The number of benzene rings is 1. The zero-order valence-electron chi connectivity index (χ0n) is 9.36. The summed E-state index contributed by atoms with van der Waals surface area (Å²) in [6.45, 7) is 1.95. The number of hydrogen-bond acceptors (Lipinski definition) is 4. The normalized spacial score (nSPS) is 10.7. The maximum atomic E-state index is 8.80. The van der Waals surface area contributed by atoms with E-state index in [-0.39, 0.29) is 0 Å². The molecule has 2 heterocycles. The van der Waals surface area contributed by atoms with Crippen LogP contribution in [0.1, 0.15) is 10.7 Å². The molecule has 0 bridgehead atoms. The van der Waals surface area contributed by atoms with Gasteiger partial charge in [0.1, 0.15) is 6.07 Å². The molecule has 1 N–H and O–H groups in total. The van der Waals surface area contributed by atoms with Gasteiger partial charge in [0.05, 0.1) is 0 Å².